The number of nitrogens with one attached hydrogen (secondary N) is 2. The summed E-state index contributed by atoms with van der Waals surface area (Å²) in [6.45, 7) is 4.28. The molecule has 0 unspecified atom stereocenters. The van der Waals surface area contributed by atoms with Gasteiger partial charge in [0.2, 0.25) is 19.0 Å². The van der Waals surface area contributed by atoms with Crippen LogP contribution in [0.3, 0.4) is 0 Å². The van der Waals surface area contributed by atoms with Gasteiger partial charge in [-0.05, 0) is 62.1 Å². The number of rotatable bonds is 18. The van der Waals surface area contributed by atoms with Gasteiger partial charge in [0, 0.05) is 38.0 Å². The van der Waals surface area contributed by atoms with Gasteiger partial charge in [-0.3, -0.25) is 9.59 Å². The Bertz CT molecular complexity index is 1260. The molecule has 0 saturated heterocycles. The number of benzene rings is 2. The van der Waals surface area contributed by atoms with Crippen molar-refractivity contribution in [1.82, 2.24) is 5.32 Å². The standard InChI is InChI=1S/C32H43N3O9/c1-2-41-32-23(12-15-39-17-18-40-16-14-36)24(22-10-11-27-28(19-22)43-21-42-27)20-29(44-32)31(38)34-13-6-5-9-30(37)35-26-8-4-3-7-25(26)33/h3-4,7-8,10-11,19-20,23-24,32,36H,2,5-6,9,12-18,21,33H2,1H3,(H,34,38)(H,35,37)/t23-,24-,32-/m0/s1. The molecular formula is C32H43N3O9. The molecule has 2 aliphatic rings. The average molecular weight is 614 g/mol. The smallest absolute Gasteiger partial charge is 0.286 e. The van der Waals surface area contributed by atoms with E-state index < -0.39 is 6.29 Å². The molecule has 0 bridgehead atoms. The van der Waals surface area contributed by atoms with Crippen LogP contribution < -0.4 is 25.8 Å². The Morgan fingerprint density at radius 2 is 1.82 bits per heavy atom. The van der Waals surface area contributed by atoms with Gasteiger partial charge in [-0.15, -0.1) is 0 Å². The second-order valence-corrected chi connectivity index (χ2v) is 10.4. The zero-order valence-electron chi connectivity index (χ0n) is 25.1. The van der Waals surface area contributed by atoms with Crippen LogP contribution in [-0.2, 0) is 28.5 Å². The summed E-state index contributed by atoms with van der Waals surface area (Å²) >= 11 is 0. The lowest BCUT2D eigenvalue weighted by molar-refractivity contribution is -0.168. The van der Waals surface area contributed by atoms with E-state index in [-0.39, 0.29) is 49.4 Å². The minimum atomic E-state index is -0.676. The number of fused-ring (bicyclic) bond motifs is 1. The Morgan fingerprint density at radius 1 is 1.02 bits per heavy atom. The Morgan fingerprint density at radius 3 is 2.61 bits per heavy atom. The molecule has 0 aromatic heterocycles. The summed E-state index contributed by atoms with van der Waals surface area (Å²) in [5, 5.41) is 14.6. The summed E-state index contributed by atoms with van der Waals surface area (Å²) in [6.07, 6.45) is 3.26. The first-order valence-corrected chi connectivity index (χ1v) is 15.1. The van der Waals surface area contributed by atoms with Crippen molar-refractivity contribution in [2.75, 3.05) is 64.0 Å². The summed E-state index contributed by atoms with van der Waals surface area (Å²) in [7, 11) is 0. The Kier molecular flexibility index (Phi) is 13.1. The normalized spacial score (nSPS) is 18.8. The highest BCUT2D eigenvalue weighted by molar-refractivity contribution is 5.93. The second-order valence-electron chi connectivity index (χ2n) is 10.4. The van der Waals surface area contributed by atoms with E-state index in [9.17, 15) is 9.59 Å². The van der Waals surface area contributed by atoms with Crippen molar-refractivity contribution < 1.29 is 43.1 Å². The fourth-order valence-corrected chi connectivity index (χ4v) is 5.07. The van der Waals surface area contributed by atoms with Crippen LogP contribution in [0.2, 0.25) is 0 Å². The Labute approximate surface area is 257 Å². The number of hydrogen-bond acceptors (Lipinski definition) is 10. The minimum absolute atomic E-state index is 0.0310. The highest BCUT2D eigenvalue weighted by Crippen LogP contribution is 2.42. The van der Waals surface area contributed by atoms with Gasteiger partial charge in [-0.1, -0.05) is 18.2 Å². The predicted molar refractivity (Wildman–Crippen MR) is 163 cm³/mol. The molecule has 0 radical (unpaired) electrons. The van der Waals surface area contributed by atoms with Crippen LogP contribution in [-0.4, -0.2) is 76.2 Å². The molecule has 0 fully saturated rings. The summed E-state index contributed by atoms with van der Waals surface area (Å²) in [5.41, 5.74) is 7.93. The van der Waals surface area contributed by atoms with Crippen LogP contribution >= 0.6 is 0 Å². The lowest BCUT2D eigenvalue weighted by atomic mass is 9.81. The third-order valence-corrected chi connectivity index (χ3v) is 7.28. The molecule has 2 heterocycles. The number of hydrogen-bond donors (Lipinski definition) is 4. The number of aliphatic hydroxyl groups is 1. The van der Waals surface area contributed by atoms with Crippen LogP contribution in [0.1, 0.15) is 44.1 Å². The summed E-state index contributed by atoms with van der Waals surface area (Å²) in [5.74, 6) is 0.646. The first-order chi connectivity index (χ1) is 21.5. The Balaban J connectivity index is 1.36. The zero-order chi connectivity index (χ0) is 31.1. The number of anilines is 2. The first kappa shape index (κ1) is 33.1. The molecule has 2 aliphatic heterocycles. The van der Waals surface area contributed by atoms with Gasteiger partial charge in [-0.25, -0.2) is 0 Å². The van der Waals surface area contributed by atoms with E-state index in [1.54, 1.807) is 12.1 Å². The Hall–Kier alpha value is -3.84. The van der Waals surface area contributed by atoms with Crippen LogP contribution in [0.15, 0.2) is 54.3 Å². The van der Waals surface area contributed by atoms with Gasteiger partial charge in [0.25, 0.3) is 5.91 Å². The maximum Gasteiger partial charge on any atom is 0.286 e. The molecule has 2 aromatic carbocycles. The molecule has 2 aromatic rings. The van der Waals surface area contributed by atoms with E-state index in [1.165, 1.54) is 0 Å². The molecule has 4 rings (SSSR count). The molecule has 0 saturated carbocycles. The van der Waals surface area contributed by atoms with Crippen LogP contribution in [0, 0.1) is 5.92 Å². The van der Waals surface area contributed by atoms with Crippen molar-refractivity contribution in [3.05, 3.63) is 59.9 Å². The van der Waals surface area contributed by atoms with Crippen molar-refractivity contribution in [2.45, 2.75) is 44.8 Å². The maximum absolute atomic E-state index is 13.2. The van der Waals surface area contributed by atoms with Crippen molar-refractivity contribution in [1.29, 1.82) is 0 Å². The average Bonchev–Trinajstić information content (AvgIpc) is 3.50. The number of nitrogens with two attached hydrogens (primary N) is 1. The summed E-state index contributed by atoms with van der Waals surface area (Å²) in [4.78, 5) is 25.5. The number of aliphatic hydroxyl groups excluding tert-OH is 1. The van der Waals surface area contributed by atoms with E-state index in [2.05, 4.69) is 10.6 Å². The lowest BCUT2D eigenvalue weighted by Crippen LogP contribution is -2.39. The molecule has 240 valence electrons. The molecule has 3 atom stereocenters. The van der Waals surface area contributed by atoms with Gasteiger partial charge < -0.3 is 49.9 Å². The van der Waals surface area contributed by atoms with Crippen LogP contribution in [0.25, 0.3) is 0 Å². The topological polar surface area (TPSA) is 160 Å². The number of amides is 2. The van der Waals surface area contributed by atoms with Crippen molar-refractivity contribution >= 4 is 23.2 Å². The molecule has 12 heteroatoms. The lowest BCUT2D eigenvalue weighted by Gasteiger charge is -2.37. The largest absolute Gasteiger partial charge is 0.459 e. The van der Waals surface area contributed by atoms with Gasteiger partial charge in [-0.2, -0.15) is 0 Å². The zero-order valence-corrected chi connectivity index (χ0v) is 25.1. The predicted octanol–water partition coefficient (Wildman–Crippen LogP) is 3.31. The number of nitrogen functional groups attached to an aromatic ring is 1. The molecule has 5 N–H and O–H groups in total. The molecule has 0 spiro atoms. The number of unbranched alkanes of at least 4 members (excludes halogenated alkanes) is 1. The third kappa shape index (κ3) is 9.58. The van der Waals surface area contributed by atoms with E-state index >= 15 is 0 Å². The highest BCUT2D eigenvalue weighted by Gasteiger charge is 2.38. The number of carbonyl (C=O) groups is 2. The minimum Gasteiger partial charge on any atom is -0.459 e. The third-order valence-electron chi connectivity index (χ3n) is 7.28. The highest BCUT2D eigenvalue weighted by atomic mass is 16.7. The van der Waals surface area contributed by atoms with E-state index in [0.717, 1.165) is 5.56 Å². The van der Waals surface area contributed by atoms with Crippen LogP contribution in [0.5, 0.6) is 11.5 Å². The monoisotopic (exact) mass is 613 g/mol. The van der Waals surface area contributed by atoms with Crippen molar-refractivity contribution in [2.24, 2.45) is 5.92 Å². The molecule has 44 heavy (non-hydrogen) atoms. The van der Waals surface area contributed by atoms with E-state index in [0.29, 0.717) is 81.5 Å². The van der Waals surface area contributed by atoms with Gasteiger partial charge in [0.05, 0.1) is 37.8 Å². The fourth-order valence-electron chi connectivity index (χ4n) is 5.07. The number of ether oxygens (including phenoxy) is 6. The molecular weight excluding hydrogens is 570 g/mol. The molecule has 12 nitrogen and oxygen atoms in total. The van der Waals surface area contributed by atoms with Gasteiger partial charge in [0.1, 0.15) is 0 Å². The first-order valence-electron chi connectivity index (χ1n) is 15.1. The van der Waals surface area contributed by atoms with E-state index in [1.807, 2.05) is 43.3 Å². The second kappa shape index (κ2) is 17.5. The van der Waals surface area contributed by atoms with Gasteiger partial charge >= 0.3 is 0 Å². The van der Waals surface area contributed by atoms with E-state index in [4.69, 9.17) is 39.3 Å². The van der Waals surface area contributed by atoms with Crippen molar-refractivity contribution in [3.8, 4) is 11.5 Å². The number of para-hydroxylation sites is 2. The molecule has 0 aliphatic carbocycles. The number of carbonyl (C=O) groups excluding carboxylic acids is 2. The number of allylic oxidation sites excluding steroid dienone is 1. The van der Waals surface area contributed by atoms with Crippen molar-refractivity contribution in [3.63, 3.8) is 0 Å². The van der Waals surface area contributed by atoms with Gasteiger partial charge in [0.15, 0.2) is 17.3 Å². The SMILES string of the molecule is CCO[C@H]1OC(C(=O)NCCCCC(=O)Nc2ccccc2N)=C[C@@H](c2ccc3c(c2)OCO3)[C@@H]1CCOCCOCCO. The quantitative estimate of drug-likeness (QED) is 0.145. The van der Waals surface area contributed by atoms with Crippen LogP contribution in [0.4, 0.5) is 11.4 Å². The summed E-state index contributed by atoms with van der Waals surface area (Å²) in [6, 6.07) is 12.9. The fraction of sp³-hybridized carbons (Fsp3) is 0.500. The summed E-state index contributed by atoms with van der Waals surface area (Å²) < 4.78 is 34.3. The molecule has 2 amide bonds. The maximum atomic E-state index is 13.2.